The predicted octanol–water partition coefficient (Wildman–Crippen LogP) is 1.66. The highest BCUT2D eigenvalue weighted by Gasteiger charge is 2.37. The van der Waals surface area contributed by atoms with Crippen molar-refractivity contribution in [2.75, 3.05) is 0 Å². The summed E-state index contributed by atoms with van der Waals surface area (Å²) in [4.78, 5) is 0. The summed E-state index contributed by atoms with van der Waals surface area (Å²) in [6, 6.07) is 0. The minimum Gasteiger partial charge on any atom is -0.228 e. The minimum atomic E-state index is -3.39. The molecule has 4 heteroatoms. The number of allylic oxidation sites excluding steroid dienone is 1. The second-order valence-corrected chi connectivity index (χ2v) is 5.97. The smallest absolute Gasteiger partial charge is 0.212 e. The monoisotopic (exact) mass is 217 g/mol. The Morgan fingerprint density at radius 2 is 2.14 bits per heavy atom. The lowest BCUT2D eigenvalue weighted by Crippen LogP contribution is -2.42. The van der Waals surface area contributed by atoms with Crippen LogP contribution >= 0.6 is 0 Å². The van der Waals surface area contributed by atoms with Crippen LogP contribution in [0.4, 0.5) is 0 Å². The van der Waals surface area contributed by atoms with E-state index in [-0.39, 0.29) is 17.1 Å². The fourth-order valence-corrected chi connectivity index (χ4v) is 3.79. The van der Waals surface area contributed by atoms with Crippen LogP contribution in [0.15, 0.2) is 12.7 Å². The van der Waals surface area contributed by atoms with Gasteiger partial charge in [0.05, 0.1) is 5.25 Å². The lowest BCUT2D eigenvalue weighted by molar-refractivity contribution is 0.259. The zero-order valence-corrected chi connectivity index (χ0v) is 9.46. The van der Waals surface area contributed by atoms with Crippen molar-refractivity contribution < 1.29 is 8.42 Å². The fraction of sp³-hybridized carbons (Fsp3) is 0.800. The third kappa shape index (κ3) is 2.58. The van der Waals surface area contributed by atoms with Gasteiger partial charge in [-0.15, -0.1) is 6.58 Å². The molecule has 0 saturated heterocycles. The van der Waals surface area contributed by atoms with Gasteiger partial charge in [0.1, 0.15) is 0 Å². The highest BCUT2D eigenvalue weighted by molar-refractivity contribution is 7.89. The van der Waals surface area contributed by atoms with Crippen LogP contribution in [0.1, 0.15) is 32.6 Å². The Kier molecular flexibility index (Phi) is 3.72. The first kappa shape index (κ1) is 11.7. The normalized spacial score (nSPS) is 22.4. The van der Waals surface area contributed by atoms with E-state index in [9.17, 15) is 8.42 Å². The fourth-order valence-electron chi connectivity index (χ4n) is 2.22. The summed E-state index contributed by atoms with van der Waals surface area (Å²) in [7, 11) is -3.39. The first-order valence-electron chi connectivity index (χ1n) is 5.09. The molecule has 0 heterocycles. The summed E-state index contributed by atoms with van der Waals surface area (Å²) in [6.07, 6.45) is 5.63. The van der Waals surface area contributed by atoms with E-state index in [4.69, 9.17) is 5.14 Å². The first-order valence-corrected chi connectivity index (χ1v) is 6.70. The van der Waals surface area contributed by atoms with E-state index in [1.165, 1.54) is 0 Å². The zero-order valence-electron chi connectivity index (χ0n) is 8.65. The van der Waals surface area contributed by atoms with Crippen LogP contribution < -0.4 is 5.14 Å². The first-order chi connectivity index (χ1) is 6.46. The molecule has 0 aromatic carbocycles. The molecule has 1 fully saturated rings. The maximum Gasteiger partial charge on any atom is 0.212 e. The van der Waals surface area contributed by atoms with Gasteiger partial charge in [-0.05, 0) is 31.1 Å². The van der Waals surface area contributed by atoms with Crippen molar-refractivity contribution in [1.82, 2.24) is 0 Å². The summed E-state index contributed by atoms with van der Waals surface area (Å²) in [6.45, 7) is 5.57. The van der Waals surface area contributed by atoms with Crippen molar-refractivity contribution in [3.05, 3.63) is 12.7 Å². The molecule has 0 aromatic heterocycles. The number of sulfonamides is 1. The van der Waals surface area contributed by atoms with Crippen LogP contribution in [0.2, 0.25) is 0 Å². The zero-order chi connectivity index (χ0) is 10.8. The van der Waals surface area contributed by atoms with Crippen molar-refractivity contribution in [3.8, 4) is 0 Å². The van der Waals surface area contributed by atoms with Crippen molar-refractivity contribution in [3.63, 3.8) is 0 Å². The van der Waals surface area contributed by atoms with E-state index < -0.39 is 10.0 Å². The lowest BCUT2D eigenvalue weighted by atomic mass is 9.78. The van der Waals surface area contributed by atoms with Gasteiger partial charge in [-0.1, -0.05) is 19.4 Å². The summed E-state index contributed by atoms with van der Waals surface area (Å²) >= 11 is 0. The molecule has 0 amide bonds. The lowest BCUT2D eigenvalue weighted by Gasteiger charge is -2.35. The summed E-state index contributed by atoms with van der Waals surface area (Å²) in [5, 5.41) is 4.89. The third-order valence-corrected chi connectivity index (χ3v) is 4.70. The molecule has 1 aliphatic carbocycles. The molecule has 0 unspecified atom stereocenters. The molecule has 2 atom stereocenters. The van der Waals surface area contributed by atoms with Gasteiger partial charge in [-0.3, -0.25) is 0 Å². The molecule has 2 N–H and O–H groups in total. The van der Waals surface area contributed by atoms with E-state index in [1.54, 1.807) is 6.08 Å². The number of primary sulfonamides is 1. The highest BCUT2D eigenvalue weighted by Crippen LogP contribution is 2.36. The standard InChI is InChI=1S/C10H19NO2S/c1-3-5-8(2)10(14(11,12)13)9-6-4-7-9/h3,8-10H,1,4-7H2,2H3,(H2,11,12,13)/t8-,10-/m0/s1. The summed E-state index contributed by atoms with van der Waals surface area (Å²) < 4.78 is 22.9. The van der Waals surface area contributed by atoms with Crippen LogP contribution in [-0.4, -0.2) is 13.7 Å². The van der Waals surface area contributed by atoms with Gasteiger partial charge in [-0.25, -0.2) is 13.6 Å². The second-order valence-electron chi connectivity index (χ2n) is 4.25. The van der Waals surface area contributed by atoms with E-state index in [0.29, 0.717) is 0 Å². The molecule has 3 nitrogen and oxygen atoms in total. The van der Waals surface area contributed by atoms with Gasteiger partial charge in [-0.2, -0.15) is 0 Å². The Morgan fingerprint density at radius 3 is 2.43 bits per heavy atom. The van der Waals surface area contributed by atoms with Gasteiger partial charge in [0, 0.05) is 0 Å². The number of hydrogen-bond donors (Lipinski definition) is 1. The SMILES string of the molecule is C=CC[C@H](C)[C@@H](C1CCC1)S(N)(=O)=O. The summed E-state index contributed by atoms with van der Waals surface area (Å²) in [5.41, 5.74) is 0. The molecular formula is C10H19NO2S. The largest absolute Gasteiger partial charge is 0.228 e. The highest BCUT2D eigenvalue weighted by atomic mass is 32.2. The molecule has 1 rings (SSSR count). The molecule has 0 aromatic rings. The topological polar surface area (TPSA) is 60.2 Å². The van der Waals surface area contributed by atoms with E-state index in [1.807, 2.05) is 6.92 Å². The summed E-state index contributed by atoms with van der Waals surface area (Å²) in [5.74, 6) is 0.368. The number of hydrogen-bond acceptors (Lipinski definition) is 2. The van der Waals surface area contributed by atoms with Crippen LogP contribution in [-0.2, 0) is 10.0 Å². The van der Waals surface area contributed by atoms with E-state index in [2.05, 4.69) is 6.58 Å². The third-order valence-electron chi connectivity index (χ3n) is 3.09. The van der Waals surface area contributed by atoms with Crippen molar-refractivity contribution >= 4 is 10.0 Å². The average molecular weight is 217 g/mol. The Balaban J connectivity index is 2.75. The van der Waals surface area contributed by atoms with Crippen molar-refractivity contribution in [1.29, 1.82) is 0 Å². The Morgan fingerprint density at radius 1 is 1.57 bits per heavy atom. The van der Waals surface area contributed by atoms with Gasteiger partial charge in [0.15, 0.2) is 0 Å². The minimum absolute atomic E-state index is 0.0906. The van der Waals surface area contributed by atoms with Gasteiger partial charge < -0.3 is 0 Å². The van der Waals surface area contributed by atoms with Crippen LogP contribution in [0, 0.1) is 11.8 Å². The number of nitrogens with two attached hydrogens (primary N) is 1. The Hall–Kier alpha value is -0.350. The number of rotatable bonds is 5. The maximum atomic E-state index is 11.4. The molecule has 0 aliphatic heterocycles. The molecule has 14 heavy (non-hydrogen) atoms. The van der Waals surface area contributed by atoms with Gasteiger partial charge in [0.2, 0.25) is 10.0 Å². The van der Waals surface area contributed by atoms with Crippen LogP contribution in [0.5, 0.6) is 0 Å². The maximum absolute atomic E-state index is 11.4. The molecule has 0 spiro atoms. The molecule has 0 bridgehead atoms. The Labute approximate surface area is 86.4 Å². The van der Waals surface area contributed by atoms with E-state index >= 15 is 0 Å². The van der Waals surface area contributed by atoms with Crippen molar-refractivity contribution in [2.45, 2.75) is 37.9 Å². The average Bonchev–Trinajstić information content (AvgIpc) is 1.94. The van der Waals surface area contributed by atoms with Crippen LogP contribution in [0.3, 0.4) is 0 Å². The van der Waals surface area contributed by atoms with Gasteiger partial charge >= 0.3 is 0 Å². The predicted molar refractivity (Wildman–Crippen MR) is 58.2 cm³/mol. The second kappa shape index (κ2) is 4.45. The van der Waals surface area contributed by atoms with Crippen LogP contribution in [0.25, 0.3) is 0 Å². The molecular weight excluding hydrogens is 198 g/mol. The molecule has 1 saturated carbocycles. The van der Waals surface area contributed by atoms with E-state index in [0.717, 1.165) is 25.7 Å². The molecule has 82 valence electrons. The quantitative estimate of drug-likeness (QED) is 0.712. The van der Waals surface area contributed by atoms with Gasteiger partial charge in [0.25, 0.3) is 0 Å². The molecule has 0 radical (unpaired) electrons. The molecule has 1 aliphatic rings. The van der Waals surface area contributed by atoms with Crippen molar-refractivity contribution in [2.24, 2.45) is 17.0 Å². The Bertz CT molecular complexity index is 293.